The Hall–Kier alpha value is -0.0800. The monoisotopic (exact) mass is 170 g/mol. The van der Waals surface area contributed by atoms with Crippen LogP contribution in [0.25, 0.3) is 0 Å². The SMILES string of the molecule is CC(C)C(C)N1CCCC(N)C1. The number of rotatable bonds is 2. The summed E-state index contributed by atoms with van der Waals surface area (Å²) in [5.74, 6) is 0.746. The van der Waals surface area contributed by atoms with E-state index in [9.17, 15) is 0 Å². The van der Waals surface area contributed by atoms with Crippen molar-refractivity contribution in [3.8, 4) is 0 Å². The molecular weight excluding hydrogens is 148 g/mol. The first-order valence-electron chi connectivity index (χ1n) is 5.11. The van der Waals surface area contributed by atoms with Gasteiger partial charge in [-0.1, -0.05) is 13.8 Å². The molecule has 72 valence electrons. The molecule has 0 radical (unpaired) electrons. The quantitative estimate of drug-likeness (QED) is 0.679. The number of piperidine rings is 1. The van der Waals surface area contributed by atoms with Gasteiger partial charge in [-0.3, -0.25) is 4.90 Å². The summed E-state index contributed by atoms with van der Waals surface area (Å²) < 4.78 is 0. The van der Waals surface area contributed by atoms with Crippen LogP contribution in [0.5, 0.6) is 0 Å². The molecule has 0 aromatic rings. The molecule has 1 aliphatic heterocycles. The van der Waals surface area contributed by atoms with Crippen LogP contribution in [0.15, 0.2) is 0 Å². The van der Waals surface area contributed by atoms with Gasteiger partial charge in [-0.15, -0.1) is 0 Å². The zero-order valence-electron chi connectivity index (χ0n) is 8.59. The predicted molar refractivity (Wildman–Crippen MR) is 53.1 cm³/mol. The second-order valence-electron chi connectivity index (χ2n) is 4.38. The van der Waals surface area contributed by atoms with Crippen molar-refractivity contribution < 1.29 is 0 Å². The molecule has 1 fully saturated rings. The molecule has 0 aliphatic carbocycles. The lowest BCUT2D eigenvalue weighted by molar-refractivity contribution is 0.129. The van der Waals surface area contributed by atoms with Gasteiger partial charge in [0.25, 0.3) is 0 Å². The van der Waals surface area contributed by atoms with E-state index < -0.39 is 0 Å². The summed E-state index contributed by atoms with van der Waals surface area (Å²) in [7, 11) is 0. The molecule has 0 bridgehead atoms. The van der Waals surface area contributed by atoms with Crippen molar-refractivity contribution in [3.05, 3.63) is 0 Å². The Bertz CT molecular complexity index is 134. The second kappa shape index (κ2) is 4.24. The summed E-state index contributed by atoms with van der Waals surface area (Å²) >= 11 is 0. The molecule has 2 heteroatoms. The van der Waals surface area contributed by atoms with E-state index in [0.29, 0.717) is 12.1 Å². The van der Waals surface area contributed by atoms with Crippen molar-refractivity contribution in [2.24, 2.45) is 11.7 Å². The van der Waals surface area contributed by atoms with Crippen LogP contribution in [-0.4, -0.2) is 30.1 Å². The summed E-state index contributed by atoms with van der Waals surface area (Å²) in [5, 5.41) is 0. The van der Waals surface area contributed by atoms with Crippen LogP contribution in [0.2, 0.25) is 0 Å². The van der Waals surface area contributed by atoms with Crippen LogP contribution in [0.4, 0.5) is 0 Å². The Kier molecular flexibility index (Phi) is 3.53. The Balaban J connectivity index is 2.40. The summed E-state index contributed by atoms with van der Waals surface area (Å²) in [5.41, 5.74) is 5.92. The third kappa shape index (κ3) is 2.46. The minimum atomic E-state index is 0.417. The molecule has 12 heavy (non-hydrogen) atoms. The second-order valence-corrected chi connectivity index (χ2v) is 4.38. The highest BCUT2D eigenvalue weighted by molar-refractivity contribution is 4.79. The van der Waals surface area contributed by atoms with Gasteiger partial charge in [0.05, 0.1) is 0 Å². The molecule has 0 aromatic heterocycles. The average Bonchev–Trinajstić information content (AvgIpc) is 2.03. The molecular formula is C10H22N2. The highest BCUT2D eigenvalue weighted by atomic mass is 15.2. The Labute approximate surface area is 76.1 Å². The lowest BCUT2D eigenvalue weighted by Gasteiger charge is -2.37. The molecule has 2 unspecified atom stereocenters. The molecule has 1 aliphatic rings. The van der Waals surface area contributed by atoms with Crippen molar-refractivity contribution >= 4 is 0 Å². The molecule has 0 aromatic carbocycles. The van der Waals surface area contributed by atoms with Crippen LogP contribution in [0.3, 0.4) is 0 Å². The smallest absolute Gasteiger partial charge is 0.0168 e. The maximum absolute atomic E-state index is 5.92. The Morgan fingerprint density at radius 2 is 2.00 bits per heavy atom. The van der Waals surface area contributed by atoms with Gasteiger partial charge in [0.15, 0.2) is 0 Å². The molecule has 2 N–H and O–H groups in total. The van der Waals surface area contributed by atoms with E-state index in [-0.39, 0.29) is 0 Å². The van der Waals surface area contributed by atoms with Crippen LogP contribution in [0, 0.1) is 5.92 Å². The van der Waals surface area contributed by atoms with Crippen molar-refractivity contribution in [2.45, 2.75) is 45.7 Å². The van der Waals surface area contributed by atoms with Gasteiger partial charge in [-0.05, 0) is 32.2 Å². The first kappa shape index (κ1) is 10.0. The fraction of sp³-hybridized carbons (Fsp3) is 1.00. The van der Waals surface area contributed by atoms with Gasteiger partial charge in [0.1, 0.15) is 0 Å². The number of likely N-dealkylation sites (tertiary alicyclic amines) is 1. The standard InChI is InChI=1S/C10H22N2/c1-8(2)9(3)12-6-4-5-10(11)7-12/h8-10H,4-7,11H2,1-3H3. The zero-order valence-corrected chi connectivity index (χ0v) is 8.59. The van der Waals surface area contributed by atoms with Crippen LogP contribution >= 0.6 is 0 Å². The van der Waals surface area contributed by atoms with Crippen molar-refractivity contribution in [2.75, 3.05) is 13.1 Å². The number of hydrogen-bond acceptors (Lipinski definition) is 2. The Morgan fingerprint density at radius 1 is 1.33 bits per heavy atom. The summed E-state index contributed by atoms with van der Waals surface area (Å²) in [6, 6.07) is 1.11. The molecule has 2 nitrogen and oxygen atoms in total. The lowest BCUT2D eigenvalue weighted by atomic mass is 9.99. The number of hydrogen-bond donors (Lipinski definition) is 1. The minimum absolute atomic E-state index is 0.417. The van der Waals surface area contributed by atoms with E-state index in [2.05, 4.69) is 25.7 Å². The lowest BCUT2D eigenvalue weighted by Crippen LogP contribution is -2.48. The van der Waals surface area contributed by atoms with Gasteiger partial charge in [-0.2, -0.15) is 0 Å². The van der Waals surface area contributed by atoms with E-state index in [1.165, 1.54) is 19.4 Å². The van der Waals surface area contributed by atoms with Gasteiger partial charge in [-0.25, -0.2) is 0 Å². The maximum atomic E-state index is 5.92. The molecule has 0 amide bonds. The summed E-state index contributed by atoms with van der Waals surface area (Å²) in [4.78, 5) is 2.53. The molecule has 0 spiro atoms. The number of nitrogens with two attached hydrogens (primary N) is 1. The predicted octanol–water partition coefficient (Wildman–Crippen LogP) is 1.45. The third-order valence-electron chi connectivity index (χ3n) is 3.03. The maximum Gasteiger partial charge on any atom is 0.0168 e. The van der Waals surface area contributed by atoms with Crippen molar-refractivity contribution in [3.63, 3.8) is 0 Å². The normalized spacial score (nSPS) is 29.2. The molecule has 0 saturated carbocycles. The van der Waals surface area contributed by atoms with Crippen molar-refractivity contribution in [1.29, 1.82) is 0 Å². The van der Waals surface area contributed by atoms with Gasteiger partial charge >= 0.3 is 0 Å². The largest absolute Gasteiger partial charge is 0.327 e. The Morgan fingerprint density at radius 3 is 2.50 bits per heavy atom. The third-order valence-corrected chi connectivity index (χ3v) is 3.03. The molecule has 1 saturated heterocycles. The van der Waals surface area contributed by atoms with Gasteiger partial charge < -0.3 is 5.73 Å². The fourth-order valence-corrected chi connectivity index (χ4v) is 1.83. The summed E-state index contributed by atoms with van der Waals surface area (Å²) in [6.45, 7) is 9.21. The van der Waals surface area contributed by atoms with Gasteiger partial charge in [0.2, 0.25) is 0 Å². The van der Waals surface area contributed by atoms with E-state index >= 15 is 0 Å². The minimum Gasteiger partial charge on any atom is -0.327 e. The fourth-order valence-electron chi connectivity index (χ4n) is 1.83. The average molecular weight is 170 g/mol. The van der Waals surface area contributed by atoms with E-state index in [1.807, 2.05) is 0 Å². The highest BCUT2D eigenvalue weighted by Crippen LogP contribution is 2.16. The van der Waals surface area contributed by atoms with E-state index in [1.54, 1.807) is 0 Å². The van der Waals surface area contributed by atoms with Gasteiger partial charge in [0, 0.05) is 18.6 Å². The molecule has 1 rings (SSSR count). The highest BCUT2D eigenvalue weighted by Gasteiger charge is 2.22. The van der Waals surface area contributed by atoms with E-state index in [4.69, 9.17) is 5.73 Å². The van der Waals surface area contributed by atoms with E-state index in [0.717, 1.165) is 12.5 Å². The molecule has 1 heterocycles. The molecule has 2 atom stereocenters. The summed E-state index contributed by atoms with van der Waals surface area (Å²) in [6.07, 6.45) is 2.49. The number of nitrogens with zero attached hydrogens (tertiary/aromatic N) is 1. The van der Waals surface area contributed by atoms with Crippen molar-refractivity contribution in [1.82, 2.24) is 4.90 Å². The topological polar surface area (TPSA) is 29.3 Å². The first-order valence-corrected chi connectivity index (χ1v) is 5.11. The van der Waals surface area contributed by atoms with Crippen LogP contribution < -0.4 is 5.73 Å². The zero-order chi connectivity index (χ0) is 9.14. The van der Waals surface area contributed by atoms with Crippen LogP contribution in [0.1, 0.15) is 33.6 Å². The first-order chi connectivity index (χ1) is 5.61. The van der Waals surface area contributed by atoms with Crippen LogP contribution in [-0.2, 0) is 0 Å².